The number of fused-ring (bicyclic) bond motifs is 1. The molecule has 3 aromatic rings. The molecule has 0 atom stereocenters. The summed E-state index contributed by atoms with van der Waals surface area (Å²) in [6, 6.07) is 9.56. The average molecular weight is 331 g/mol. The summed E-state index contributed by atoms with van der Waals surface area (Å²) in [5, 5.41) is 14.6. The second-order valence-electron chi connectivity index (χ2n) is 5.60. The lowest BCUT2D eigenvalue weighted by atomic mass is 10.1. The first kappa shape index (κ1) is 15.8. The zero-order valence-corrected chi connectivity index (χ0v) is 14.2. The Kier molecular flexibility index (Phi) is 4.24. The number of hydrogen-bond acceptors (Lipinski definition) is 4. The smallest absolute Gasteiger partial charge is 0.158 e. The zero-order chi connectivity index (χ0) is 16.6. The van der Waals surface area contributed by atoms with Gasteiger partial charge in [-0.25, -0.2) is 4.98 Å². The van der Waals surface area contributed by atoms with Crippen molar-refractivity contribution in [2.45, 2.75) is 13.8 Å². The predicted octanol–water partition coefficient (Wildman–Crippen LogP) is 3.10. The van der Waals surface area contributed by atoms with Crippen molar-refractivity contribution >= 4 is 23.1 Å². The quantitative estimate of drug-likeness (QED) is 0.798. The van der Waals surface area contributed by atoms with Crippen LogP contribution in [0, 0.1) is 13.8 Å². The highest BCUT2D eigenvalue weighted by Gasteiger charge is 2.16. The van der Waals surface area contributed by atoms with Gasteiger partial charge in [-0.05, 0) is 26.0 Å². The molecule has 6 heteroatoms. The molecule has 120 valence electrons. The monoisotopic (exact) mass is 330 g/mol. The number of aryl methyl sites for hydroxylation is 1. The molecule has 23 heavy (non-hydrogen) atoms. The second kappa shape index (κ2) is 6.18. The third-order valence-corrected chi connectivity index (χ3v) is 4.24. The van der Waals surface area contributed by atoms with Crippen LogP contribution >= 0.6 is 11.6 Å². The van der Waals surface area contributed by atoms with E-state index in [1.54, 1.807) is 0 Å². The van der Waals surface area contributed by atoms with Crippen molar-refractivity contribution in [1.82, 2.24) is 14.6 Å². The lowest BCUT2D eigenvalue weighted by Gasteiger charge is -2.21. The summed E-state index contributed by atoms with van der Waals surface area (Å²) in [6.07, 6.45) is 0. The van der Waals surface area contributed by atoms with Gasteiger partial charge in [0, 0.05) is 41.5 Å². The maximum atomic E-state index is 9.24. The topological polar surface area (TPSA) is 53.7 Å². The first-order valence-electron chi connectivity index (χ1n) is 7.46. The number of likely N-dealkylation sites (N-methyl/N-ethyl adjacent to an activating group) is 1. The molecule has 1 aromatic carbocycles. The largest absolute Gasteiger partial charge is 0.395 e. The van der Waals surface area contributed by atoms with Crippen molar-refractivity contribution in [2.24, 2.45) is 0 Å². The van der Waals surface area contributed by atoms with Crippen LogP contribution in [0.1, 0.15) is 11.3 Å². The molecular formula is C17H19ClN4O. The second-order valence-corrected chi connectivity index (χ2v) is 6.03. The molecule has 2 aromatic heterocycles. The fourth-order valence-electron chi connectivity index (χ4n) is 2.65. The molecule has 0 aliphatic rings. The Morgan fingerprint density at radius 1 is 1.22 bits per heavy atom. The van der Waals surface area contributed by atoms with Crippen LogP contribution in [-0.2, 0) is 0 Å². The van der Waals surface area contributed by atoms with Crippen molar-refractivity contribution in [3.05, 3.63) is 46.6 Å². The van der Waals surface area contributed by atoms with Gasteiger partial charge in [0.2, 0.25) is 0 Å². The molecule has 0 amide bonds. The van der Waals surface area contributed by atoms with Gasteiger partial charge in [-0.3, -0.25) is 0 Å². The van der Waals surface area contributed by atoms with Gasteiger partial charge in [0.25, 0.3) is 0 Å². The first-order valence-corrected chi connectivity index (χ1v) is 7.84. The number of rotatable bonds is 4. The molecule has 0 aliphatic heterocycles. The molecule has 3 rings (SSSR count). The summed E-state index contributed by atoms with van der Waals surface area (Å²) in [5.74, 6) is 0.946. The number of hydrogen-bond donors (Lipinski definition) is 1. The average Bonchev–Trinajstić information content (AvgIpc) is 2.92. The van der Waals surface area contributed by atoms with Crippen LogP contribution in [0.25, 0.3) is 16.9 Å². The molecular weight excluding hydrogens is 312 g/mol. The van der Waals surface area contributed by atoms with Crippen molar-refractivity contribution < 1.29 is 5.11 Å². The van der Waals surface area contributed by atoms with Gasteiger partial charge in [-0.15, -0.1) is 0 Å². The van der Waals surface area contributed by atoms with E-state index < -0.39 is 0 Å². The summed E-state index contributed by atoms with van der Waals surface area (Å²) in [4.78, 5) is 6.62. The van der Waals surface area contributed by atoms with E-state index in [0.717, 1.165) is 34.0 Å². The number of aliphatic hydroxyl groups is 1. The zero-order valence-electron chi connectivity index (χ0n) is 13.4. The number of benzene rings is 1. The van der Waals surface area contributed by atoms with E-state index >= 15 is 0 Å². The summed E-state index contributed by atoms with van der Waals surface area (Å²) >= 11 is 5.95. The Morgan fingerprint density at radius 3 is 2.57 bits per heavy atom. The molecule has 2 heterocycles. The van der Waals surface area contributed by atoms with Crippen LogP contribution in [0.4, 0.5) is 5.82 Å². The SMILES string of the molecule is Cc1nc2cc(-c3ccc(Cl)cc3)nn2c(N(C)CCO)c1C. The van der Waals surface area contributed by atoms with Gasteiger partial charge in [-0.2, -0.15) is 9.61 Å². The Bertz CT molecular complexity index is 842. The molecule has 0 bridgehead atoms. The number of halogens is 1. The van der Waals surface area contributed by atoms with Crippen molar-refractivity contribution in [1.29, 1.82) is 0 Å². The fraction of sp³-hybridized carbons (Fsp3) is 0.294. The van der Waals surface area contributed by atoms with Crippen LogP contribution in [0.3, 0.4) is 0 Å². The lowest BCUT2D eigenvalue weighted by Crippen LogP contribution is -2.25. The van der Waals surface area contributed by atoms with E-state index in [1.807, 2.05) is 60.6 Å². The minimum atomic E-state index is 0.0874. The number of aromatic nitrogens is 3. The highest BCUT2D eigenvalue weighted by atomic mass is 35.5. The lowest BCUT2D eigenvalue weighted by molar-refractivity contribution is 0.303. The van der Waals surface area contributed by atoms with Crippen LogP contribution < -0.4 is 4.90 Å². The van der Waals surface area contributed by atoms with Crippen LogP contribution in [0.5, 0.6) is 0 Å². The third kappa shape index (κ3) is 2.90. The molecule has 0 saturated carbocycles. The van der Waals surface area contributed by atoms with E-state index in [-0.39, 0.29) is 6.61 Å². The van der Waals surface area contributed by atoms with Crippen LogP contribution in [0.15, 0.2) is 30.3 Å². The number of aliphatic hydroxyl groups excluding tert-OH is 1. The number of anilines is 1. The van der Waals surface area contributed by atoms with Gasteiger partial charge < -0.3 is 10.0 Å². The van der Waals surface area contributed by atoms with Gasteiger partial charge >= 0.3 is 0 Å². The molecule has 0 aliphatic carbocycles. The van der Waals surface area contributed by atoms with Gasteiger partial charge in [0.1, 0.15) is 5.82 Å². The highest BCUT2D eigenvalue weighted by molar-refractivity contribution is 6.30. The van der Waals surface area contributed by atoms with Gasteiger partial charge in [0.15, 0.2) is 5.65 Å². The molecule has 0 radical (unpaired) electrons. The Balaban J connectivity index is 2.18. The normalized spacial score (nSPS) is 11.2. The molecule has 0 unspecified atom stereocenters. The minimum absolute atomic E-state index is 0.0874. The predicted molar refractivity (Wildman–Crippen MR) is 93.3 cm³/mol. The fourth-order valence-corrected chi connectivity index (χ4v) is 2.77. The Labute approximate surface area is 140 Å². The van der Waals surface area contributed by atoms with E-state index in [0.29, 0.717) is 11.6 Å². The summed E-state index contributed by atoms with van der Waals surface area (Å²) in [7, 11) is 1.95. The van der Waals surface area contributed by atoms with Crippen LogP contribution in [0.2, 0.25) is 5.02 Å². The Hall–Kier alpha value is -2.11. The van der Waals surface area contributed by atoms with E-state index in [9.17, 15) is 5.11 Å². The van der Waals surface area contributed by atoms with Gasteiger partial charge in [0.05, 0.1) is 12.3 Å². The molecule has 1 N–H and O–H groups in total. The Morgan fingerprint density at radius 2 is 1.91 bits per heavy atom. The molecule has 0 fully saturated rings. The highest BCUT2D eigenvalue weighted by Crippen LogP contribution is 2.26. The summed E-state index contributed by atoms with van der Waals surface area (Å²) < 4.78 is 1.84. The minimum Gasteiger partial charge on any atom is -0.395 e. The van der Waals surface area contributed by atoms with Crippen LogP contribution in [-0.4, -0.2) is 39.9 Å². The summed E-state index contributed by atoms with van der Waals surface area (Å²) in [6.45, 7) is 4.63. The van der Waals surface area contributed by atoms with E-state index in [4.69, 9.17) is 16.7 Å². The molecule has 5 nitrogen and oxygen atoms in total. The van der Waals surface area contributed by atoms with Crippen molar-refractivity contribution in [3.8, 4) is 11.3 Å². The molecule has 0 spiro atoms. The van der Waals surface area contributed by atoms with E-state index in [2.05, 4.69) is 4.98 Å². The molecule has 0 saturated heterocycles. The van der Waals surface area contributed by atoms with E-state index in [1.165, 1.54) is 0 Å². The van der Waals surface area contributed by atoms with Crippen molar-refractivity contribution in [3.63, 3.8) is 0 Å². The van der Waals surface area contributed by atoms with Crippen molar-refractivity contribution in [2.75, 3.05) is 25.1 Å². The maximum Gasteiger partial charge on any atom is 0.158 e. The third-order valence-electron chi connectivity index (χ3n) is 3.99. The van der Waals surface area contributed by atoms with Gasteiger partial charge in [-0.1, -0.05) is 23.7 Å². The number of nitrogens with zero attached hydrogens (tertiary/aromatic N) is 4. The first-order chi connectivity index (χ1) is 11.0. The summed E-state index contributed by atoms with van der Waals surface area (Å²) in [5.41, 5.74) is 4.64. The maximum absolute atomic E-state index is 9.24. The standard InChI is InChI=1S/C17H19ClN4O/c1-11-12(2)19-16-10-15(13-4-6-14(18)7-5-13)20-22(16)17(11)21(3)8-9-23/h4-7,10,23H,8-9H2,1-3H3.